The largest absolute Gasteiger partial charge is 0.279 e. The Morgan fingerprint density at radius 3 is 1.92 bits per heavy atom. The number of pyridine rings is 1. The van der Waals surface area contributed by atoms with Gasteiger partial charge in [0.15, 0.2) is 12.4 Å². The molecule has 0 aliphatic carbocycles. The molecule has 1 aromatic rings. The number of rotatable bonds is 1. The van der Waals surface area contributed by atoms with E-state index in [-0.39, 0.29) is 0 Å². The first-order valence-corrected chi connectivity index (χ1v) is 4.75. The maximum absolute atomic E-state index is 5.85. The lowest BCUT2D eigenvalue weighted by atomic mass is 10.5. The molecular formula is C7H6Cl4N+. The van der Waals surface area contributed by atoms with Crippen molar-refractivity contribution in [2.24, 2.45) is 0 Å². The van der Waals surface area contributed by atoms with Gasteiger partial charge >= 0.3 is 0 Å². The van der Waals surface area contributed by atoms with E-state index >= 15 is 0 Å². The first-order valence-electron chi connectivity index (χ1n) is 3.18. The van der Waals surface area contributed by atoms with Crippen LogP contribution in [0.3, 0.4) is 0 Å². The molecule has 0 amide bonds. The van der Waals surface area contributed by atoms with Crippen LogP contribution in [0.2, 0.25) is 0 Å². The van der Waals surface area contributed by atoms with E-state index in [1.807, 2.05) is 18.2 Å². The quantitative estimate of drug-likeness (QED) is 0.529. The Labute approximate surface area is 90.8 Å². The molecule has 0 aliphatic rings. The van der Waals surface area contributed by atoms with Gasteiger partial charge in [-0.1, -0.05) is 40.9 Å². The van der Waals surface area contributed by atoms with Crippen molar-refractivity contribution >= 4 is 46.4 Å². The van der Waals surface area contributed by atoms with Gasteiger partial charge in [0.05, 0.1) is 0 Å². The molecule has 5 heteroatoms. The molecule has 0 aromatic carbocycles. The lowest BCUT2D eigenvalue weighted by Gasteiger charge is -2.12. The fourth-order valence-corrected chi connectivity index (χ4v) is 1.20. The van der Waals surface area contributed by atoms with Crippen LogP contribution < -0.4 is 4.57 Å². The van der Waals surface area contributed by atoms with Crippen molar-refractivity contribution in [3.8, 4) is 0 Å². The molecule has 0 radical (unpaired) electrons. The number of halogens is 4. The van der Waals surface area contributed by atoms with Crippen molar-refractivity contribution in [1.82, 2.24) is 0 Å². The Morgan fingerprint density at radius 2 is 1.50 bits per heavy atom. The third kappa shape index (κ3) is 2.67. The van der Waals surface area contributed by atoms with Crippen molar-refractivity contribution in [2.45, 2.75) is 9.29 Å². The maximum atomic E-state index is 5.85. The number of nitrogens with zero attached hydrogens (tertiary/aromatic N) is 1. The summed E-state index contributed by atoms with van der Waals surface area (Å²) < 4.78 is 0.127. The molecule has 1 nitrogen and oxygen atoms in total. The third-order valence-corrected chi connectivity index (χ3v) is 2.78. The van der Waals surface area contributed by atoms with Crippen LogP contribution in [0.4, 0.5) is 0 Å². The summed E-state index contributed by atoms with van der Waals surface area (Å²) in [4.78, 5) is 0. The van der Waals surface area contributed by atoms with Crippen molar-refractivity contribution in [1.29, 1.82) is 0 Å². The average molecular weight is 246 g/mol. The van der Waals surface area contributed by atoms with E-state index < -0.39 is 9.29 Å². The predicted molar refractivity (Wildman–Crippen MR) is 51.8 cm³/mol. The summed E-state index contributed by atoms with van der Waals surface area (Å²) in [6.45, 7) is 0. The summed E-state index contributed by atoms with van der Waals surface area (Å²) in [5, 5.41) is 0. The zero-order valence-electron chi connectivity index (χ0n) is 5.92. The Kier molecular flexibility index (Phi) is 3.47. The Bertz CT molecular complexity index is 243. The van der Waals surface area contributed by atoms with Crippen LogP contribution in [0, 0.1) is 0 Å². The Morgan fingerprint density at radius 1 is 1.00 bits per heavy atom. The molecule has 0 aliphatic heterocycles. The molecule has 66 valence electrons. The smallest absolute Gasteiger partial charge is 0.184 e. The molecule has 0 saturated heterocycles. The molecule has 1 aromatic heterocycles. The highest BCUT2D eigenvalue weighted by molar-refractivity contribution is 6.69. The van der Waals surface area contributed by atoms with E-state index in [2.05, 4.69) is 0 Å². The molecule has 1 rings (SSSR count). The summed E-state index contributed by atoms with van der Waals surface area (Å²) in [5.41, 5.74) is -0.691. The molecule has 0 N–H and O–H groups in total. The highest BCUT2D eigenvalue weighted by Gasteiger charge is 2.38. The SMILES string of the molecule is ClC([n+]1ccccc1)C(Cl)(Cl)Cl. The van der Waals surface area contributed by atoms with Crippen LogP contribution >= 0.6 is 46.4 Å². The van der Waals surface area contributed by atoms with Crippen LogP contribution in [0.15, 0.2) is 30.6 Å². The van der Waals surface area contributed by atoms with Gasteiger partial charge in [0.25, 0.3) is 9.29 Å². The fraction of sp³-hybridized carbons (Fsp3) is 0.286. The third-order valence-electron chi connectivity index (χ3n) is 1.27. The van der Waals surface area contributed by atoms with Gasteiger partial charge in [-0.15, -0.1) is 0 Å². The monoisotopic (exact) mass is 244 g/mol. The minimum Gasteiger partial charge on any atom is -0.184 e. The summed E-state index contributed by atoms with van der Waals surface area (Å²) in [5.74, 6) is 0. The molecular weight excluding hydrogens is 240 g/mol. The van der Waals surface area contributed by atoms with Crippen LogP contribution in [0.1, 0.15) is 5.50 Å². The van der Waals surface area contributed by atoms with Gasteiger partial charge in [0.2, 0.25) is 0 Å². The topological polar surface area (TPSA) is 3.88 Å². The van der Waals surface area contributed by atoms with Gasteiger partial charge in [-0.3, -0.25) is 0 Å². The first kappa shape index (κ1) is 10.4. The minimum atomic E-state index is -1.49. The predicted octanol–water partition coefficient (Wildman–Crippen LogP) is 3.08. The summed E-state index contributed by atoms with van der Waals surface area (Å²) in [7, 11) is 0. The zero-order chi connectivity index (χ0) is 9.19. The molecule has 0 spiro atoms. The number of hydrogen-bond acceptors (Lipinski definition) is 0. The standard InChI is InChI=1S/C7H6Cl4N/c8-6(7(9,10)11)12-4-2-1-3-5-12/h1-6H/q+1. The highest BCUT2D eigenvalue weighted by atomic mass is 35.6. The summed E-state index contributed by atoms with van der Waals surface area (Å²) >= 11 is 22.6. The van der Waals surface area contributed by atoms with Gasteiger partial charge < -0.3 is 0 Å². The molecule has 0 saturated carbocycles. The van der Waals surface area contributed by atoms with E-state index in [1.54, 1.807) is 17.0 Å². The minimum absolute atomic E-state index is 0.691. The van der Waals surface area contributed by atoms with Crippen molar-refractivity contribution in [3.05, 3.63) is 30.6 Å². The zero-order valence-corrected chi connectivity index (χ0v) is 8.95. The van der Waals surface area contributed by atoms with Gasteiger partial charge in [-0.25, -0.2) is 0 Å². The van der Waals surface area contributed by atoms with Crippen LogP contribution in [0.5, 0.6) is 0 Å². The maximum Gasteiger partial charge on any atom is 0.279 e. The van der Waals surface area contributed by atoms with Gasteiger partial charge in [0, 0.05) is 12.1 Å². The fourth-order valence-electron chi connectivity index (χ4n) is 0.732. The second-order valence-electron chi connectivity index (χ2n) is 2.20. The molecule has 1 atom stereocenters. The average Bonchev–Trinajstić information content (AvgIpc) is 2.03. The van der Waals surface area contributed by atoms with E-state index in [9.17, 15) is 0 Å². The number of alkyl halides is 4. The Hall–Kier alpha value is 0.310. The molecule has 12 heavy (non-hydrogen) atoms. The van der Waals surface area contributed by atoms with Gasteiger partial charge in [0.1, 0.15) is 0 Å². The number of aromatic nitrogens is 1. The van der Waals surface area contributed by atoms with Crippen LogP contribution in [0.25, 0.3) is 0 Å². The first-order chi connectivity index (χ1) is 5.52. The van der Waals surface area contributed by atoms with E-state index in [1.165, 1.54) is 0 Å². The normalized spacial score (nSPS) is 14.3. The lowest BCUT2D eigenvalue weighted by molar-refractivity contribution is -0.701. The second-order valence-corrected chi connectivity index (χ2v) is 4.98. The van der Waals surface area contributed by atoms with Crippen molar-refractivity contribution < 1.29 is 4.57 Å². The molecule has 1 heterocycles. The van der Waals surface area contributed by atoms with Crippen molar-refractivity contribution in [3.63, 3.8) is 0 Å². The van der Waals surface area contributed by atoms with Gasteiger partial charge in [-0.05, 0) is 11.6 Å². The van der Waals surface area contributed by atoms with E-state index in [0.717, 1.165) is 0 Å². The van der Waals surface area contributed by atoms with E-state index in [0.29, 0.717) is 0 Å². The number of hydrogen-bond donors (Lipinski definition) is 0. The second kappa shape index (κ2) is 4.01. The summed E-state index contributed by atoms with van der Waals surface area (Å²) in [6.07, 6.45) is 3.47. The highest BCUT2D eigenvalue weighted by Crippen LogP contribution is 2.37. The molecule has 0 bridgehead atoms. The Balaban J connectivity index is 2.86. The van der Waals surface area contributed by atoms with Crippen molar-refractivity contribution in [2.75, 3.05) is 0 Å². The summed E-state index contributed by atoms with van der Waals surface area (Å²) in [6, 6.07) is 5.48. The van der Waals surface area contributed by atoms with Crippen LogP contribution in [-0.4, -0.2) is 3.79 Å². The van der Waals surface area contributed by atoms with E-state index in [4.69, 9.17) is 46.4 Å². The van der Waals surface area contributed by atoms with Gasteiger partial charge in [-0.2, -0.15) is 4.57 Å². The lowest BCUT2D eigenvalue weighted by Crippen LogP contribution is -2.42. The molecule has 1 unspecified atom stereocenters. The van der Waals surface area contributed by atoms with Crippen LogP contribution in [-0.2, 0) is 0 Å². The molecule has 0 fully saturated rings.